The zero-order valence-electron chi connectivity index (χ0n) is 7.76. The van der Waals surface area contributed by atoms with E-state index in [2.05, 4.69) is 15.9 Å². The van der Waals surface area contributed by atoms with Crippen LogP contribution >= 0.6 is 15.9 Å². The number of primary amides is 1. The van der Waals surface area contributed by atoms with Gasteiger partial charge in [0.1, 0.15) is 0 Å². The lowest BCUT2D eigenvalue weighted by atomic mass is 10.3. The predicted octanol–water partition coefficient (Wildman–Crippen LogP) is 1.98. The maximum absolute atomic E-state index is 13.1. The summed E-state index contributed by atoms with van der Waals surface area (Å²) < 4.78 is 31.2. The van der Waals surface area contributed by atoms with Gasteiger partial charge in [-0.15, -0.1) is 0 Å². The second kappa shape index (κ2) is 4.57. The van der Waals surface area contributed by atoms with Gasteiger partial charge in [-0.2, -0.15) is 4.39 Å². The third-order valence-electron chi connectivity index (χ3n) is 1.66. The van der Waals surface area contributed by atoms with E-state index < -0.39 is 23.6 Å². The van der Waals surface area contributed by atoms with Crippen molar-refractivity contribution in [3.63, 3.8) is 0 Å². The summed E-state index contributed by atoms with van der Waals surface area (Å²) in [7, 11) is 0. The molecule has 1 rings (SSSR count). The number of hydrogen-bond acceptors (Lipinski definition) is 2. The van der Waals surface area contributed by atoms with Crippen LogP contribution in [0.3, 0.4) is 0 Å². The Morgan fingerprint density at radius 1 is 1.53 bits per heavy atom. The molecule has 1 atom stereocenters. The molecular formula is C9H8BrF2NO2. The highest BCUT2D eigenvalue weighted by atomic mass is 79.9. The van der Waals surface area contributed by atoms with Gasteiger partial charge in [0, 0.05) is 4.47 Å². The van der Waals surface area contributed by atoms with Crippen LogP contribution < -0.4 is 10.5 Å². The highest BCUT2D eigenvalue weighted by Gasteiger charge is 2.16. The summed E-state index contributed by atoms with van der Waals surface area (Å²) in [5.74, 6) is -3.31. The Morgan fingerprint density at radius 3 is 2.67 bits per heavy atom. The van der Waals surface area contributed by atoms with Crippen LogP contribution in [0.2, 0.25) is 0 Å². The van der Waals surface area contributed by atoms with Crippen LogP contribution in [-0.2, 0) is 4.79 Å². The number of benzene rings is 1. The van der Waals surface area contributed by atoms with E-state index in [9.17, 15) is 13.6 Å². The molecule has 1 aromatic rings. The molecule has 1 aromatic carbocycles. The maximum atomic E-state index is 13.1. The van der Waals surface area contributed by atoms with Gasteiger partial charge in [-0.3, -0.25) is 4.79 Å². The summed E-state index contributed by atoms with van der Waals surface area (Å²) in [6.07, 6.45) is -1.02. The molecule has 0 heterocycles. The van der Waals surface area contributed by atoms with E-state index >= 15 is 0 Å². The minimum atomic E-state index is -1.15. The number of hydrogen-bond donors (Lipinski definition) is 1. The van der Waals surface area contributed by atoms with Crippen molar-refractivity contribution in [2.24, 2.45) is 5.73 Å². The fourth-order valence-corrected chi connectivity index (χ4v) is 1.28. The second-order valence-electron chi connectivity index (χ2n) is 2.86. The summed E-state index contributed by atoms with van der Waals surface area (Å²) in [6, 6.07) is 2.18. The van der Waals surface area contributed by atoms with Crippen molar-refractivity contribution in [2.45, 2.75) is 13.0 Å². The van der Waals surface area contributed by atoms with Gasteiger partial charge in [-0.05, 0) is 19.1 Å². The van der Waals surface area contributed by atoms with E-state index in [0.717, 1.165) is 6.07 Å². The molecule has 0 saturated heterocycles. The van der Waals surface area contributed by atoms with E-state index in [1.54, 1.807) is 0 Å². The second-order valence-corrected chi connectivity index (χ2v) is 3.78. The minimum Gasteiger partial charge on any atom is -0.478 e. The lowest BCUT2D eigenvalue weighted by molar-refractivity contribution is -0.124. The Kier molecular flexibility index (Phi) is 3.62. The number of carbonyl (C=O) groups is 1. The molecule has 1 amide bonds. The van der Waals surface area contributed by atoms with Gasteiger partial charge in [0.05, 0.1) is 0 Å². The molecule has 0 aliphatic rings. The molecule has 3 nitrogen and oxygen atoms in total. The van der Waals surface area contributed by atoms with Gasteiger partial charge in [0.25, 0.3) is 5.91 Å². The van der Waals surface area contributed by atoms with E-state index in [0.29, 0.717) is 4.47 Å². The number of carbonyl (C=O) groups excluding carboxylic acids is 1. The van der Waals surface area contributed by atoms with Gasteiger partial charge in [0.2, 0.25) is 5.82 Å². The zero-order valence-corrected chi connectivity index (χ0v) is 9.35. The Labute approximate surface area is 93.3 Å². The highest BCUT2D eigenvalue weighted by Crippen LogP contribution is 2.26. The molecule has 0 radical (unpaired) electrons. The molecule has 0 aliphatic carbocycles. The number of amides is 1. The molecule has 0 bridgehead atoms. The molecule has 0 fully saturated rings. The average Bonchev–Trinajstić information content (AvgIpc) is 2.13. The van der Waals surface area contributed by atoms with Crippen LogP contribution in [0.5, 0.6) is 5.75 Å². The Hall–Kier alpha value is -1.17. The molecule has 0 aromatic heterocycles. The van der Waals surface area contributed by atoms with Gasteiger partial charge >= 0.3 is 0 Å². The smallest absolute Gasteiger partial charge is 0.258 e. The molecule has 6 heteroatoms. The fraction of sp³-hybridized carbons (Fsp3) is 0.222. The Bertz CT molecular complexity index is 398. The molecule has 82 valence electrons. The molecule has 2 N–H and O–H groups in total. The monoisotopic (exact) mass is 279 g/mol. The van der Waals surface area contributed by atoms with E-state index in [1.807, 2.05) is 0 Å². The van der Waals surface area contributed by atoms with Crippen molar-refractivity contribution in [1.82, 2.24) is 0 Å². The first-order chi connectivity index (χ1) is 6.91. The summed E-state index contributed by atoms with van der Waals surface area (Å²) in [5.41, 5.74) is 4.92. The largest absolute Gasteiger partial charge is 0.478 e. The standard InChI is InChI=1S/C9H8BrF2NO2/c1-4(9(13)14)15-7-3-5(10)2-6(11)8(7)12/h2-4H,1H3,(H2,13,14). The van der Waals surface area contributed by atoms with Gasteiger partial charge < -0.3 is 10.5 Å². The van der Waals surface area contributed by atoms with Crippen molar-refractivity contribution in [3.8, 4) is 5.75 Å². The van der Waals surface area contributed by atoms with Crippen LogP contribution in [0.1, 0.15) is 6.92 Å². The molecular weight excluding hydrogens is 272 g/mol. The van der Waals surface area contributed by atoms with Crippen molar-refractivity contribution >= 4 is 21.8 Å². The molecule has 0 aliphatic heterocycles. The fourth-order valence-electron chi connectivity index (χ4n) is 0.867. The summed E-state index contributed by atoms with van der Waals surface area (Å²) >= 11 is 2.97. The van der Waals surface area contributed by atoms with Crippen LogP contribution in [0, 0.1) is 11.6 Å². The number of halogens is 3. The van der Waals surface area contributed by atoms with Crippen LogP contribution in [0.4, 0.5) is 8.78 Å². The lowest BCUT2D eigenvalue weighted by Crippen LogP contribution is -2.31. The van der Waals surface area contributed by atoms with Crippen molar-refractivity contribution in [2.75, 3.05) is 0 Å². The maximum Gasteiger partial charge on any atom is 0.258 e. The normalized spacial score (nSPS) is 12.3. The quantitative estimate of drug-likeness (QED) is 0.861. The number of nitrogens with two attached hydrogens (primary N) is 1. The number of rotatable bonds is 3. The first-order valence-corrected chi connectivity index (χ1v) is 4.81. The summed E-state index contributed by atoms with van der Waals surface area (Å²) in [6.45, 7) is 1.35. The van der Waals surface area contributed by atoms with Crippen LogP contribution in [-0.4, -0.2) is 12.0 Å². The van der Waals surface area contributed by atoms with Crippen molar-refractivity contribution < 1.29 is 18.3 Å². The van der Waals surface area contributed by atoms with Crippen molar-refractivity contribution in [3.05, 3.63) is 28.2 Å². The molecule has 1 unspecified atom stereocenters. The van der Waals surface area contributed by atoms with E-state index in [-0.39, 0.29) is 5.75 Å². The summed E-state index contributed by atoms with van der Waals surface area (Å²) in [4.78, 5) is 10.7. The third kappa shape index (κ3) is 2.89. The molecule has 0 saturated carbocycles. The van der Waals surface area contributed by atoms with Crippen LogP contribution in [0.25, 0.3) is 0 Å². The Balaban J connectivity index is 2.99. The van der Waals surface area contributed by atoms with Gasteiger partial charge in [0.15, 0.2) is 17.7 Å². The molecule has 15 heavy (non-hydrogen) atoms. The zero-order chi connectivity index (χ0) is 11.6. The average molecular weight is 280 g/mol. The van der Waals surface area contributed by atoms with Gasteiger partial charge in [-0.1, -0.05) is 15.9 Å². The highest BCUT2D eigenvalue weighted by molar-refractivity contribution is 9.10. The predicted molar refractivity (Wildman–Crippen MR) is 53.3 cm³/mol. The van der Waals surface area contributed by atoms with Gasteiger partial charge in [-0.25, -0.2) is 4.39 Å². The van der Waals surface area contributed by atoms with E-state index in [4.69, 9.17) is 10.5 Å². The Morgan fingerprint density at radius 2 is 2.13 bits per heavy atom. The number of ether oxygens (including phenoxy) is 1. The van der Waals surface area contributed by atoms with Crippen LogP contribution in [0.15, 0.2) is 16.6 Å². The minimum absolute atomic E-state index is 0.313. The first-order valence-electron chi connectivity index (χ1n) is 4.02. The van der Waals surface area contributed by atoms with Crippen molar-refractivity contribution in [1.29, 1.82) is 0 Å². The van der Waals surface area contributed by atoms with E-state index in [1.165, 1.54) is 13.0 Å². The third-order valence-corrected chi connectivity index (χ3v) is 2.12. The summed E-state index contributed by atoms with van der Waals surface area (Å²) in [5, 5.41) is 0. The SMILES string of the molecule is CC(Oc1cc(Br)cc(F)c1F)C(N)=O. The first kappa shape index (κ1) is 11.9. The topological polar surface area (TPSA) is 52.3 Å². The molecule has 0 spiro atoms. The lowest BCUT2D eigenvalue weighted by Gasteiger charge is -2.12.